The number of hydrogen-bond donors (Lipinski definition) is 2. The van der Waals surface area contributed by atoms with Crippen LogP contribution in [0.2, 0.25) is 0 Å². The largest absolute Gasteiger partial charge is 0.469 e. The third-order valence-electron chi connectivity index (χ3n) is 0.846. The van der Waals surface area contributed by atoms with E-state index in [0.717, 1.165) is 0 Å². The first kappa shape index (κ1) is 11.7. The molecule has 0 aromatic carbocycles. The van der Waals surface area contributed by atoms with Crippen molar-refractivity contribution >= 4 is 31.0 Å². The number of hydrogen-bond acceptors (Lipinski definition) is 2. The molecule has 0 bridgehead atoms. The van der Waals surface area contributed by atoms with Gasteiger partial charge in [0.15, 0.2) is 0 Å². The molecule has 11 heavy (non-hydrogen) atoms. The Morgan fingerprint density at radius 2 is 2.09 bits per heavy atom. The van der Waals surface area contributed by atoms with Crippen molar-refractivity contribution in [1.82, 2.24) is 0 Å². The molecule has 0 saturated carbocycles. The third kappa shape index (κ3) is 8.60. The van der Waals surface area contributed by atoms with Crippen molar-refractivity contribution in [3.8, 4) is 0 Å². The van der Waals surface area contributed by atoms with E-state index in [-0.39, 0.29) is 6.61 Å². The highest BCUT2D eigenvalue weighted by atomic mass is 35.5. The molecule has 0 aliphatic heterocycles. The zero-order chi connectivity index (χ0) is 8.91. The molecule has 68 valence electrons. The van der Waals surface area contributed by atoms with E-state index < -0.39 is 13.2 Å². The summed E-state index contributed by atoms with van der Waals surface area (Å²) in [6.07, 6.45) is 0.461. The van der Waals surface area contributed by atoms with Gasteiger partial charge in [0.25, 0.3) is 0 Å². The molecule has 0 aliphatic carbocycles. The van der Waals surface area contributed by atoms with Crippen LogP contribution in [-0.2, 0) is 9.09 Å². The van der Waals surface area contributed by atoms with Gasteiger partial charge in [0.2, 0.25) is 0 Å². The second kappa shape index (κ2) is 5.36. The van der Waals surface area contributed by atoms with Gasteiger partial charge in [0.1, 0.15) is 0 Å². The lowest BCUT2D eigenvalue weighted by Gasteiger charge is -2.08. The van der Waals surface area contributed by atoms with Gasteiger partial charge in [0.05, 0.1) is 12.0 Å². The van der Waals surface area contributed by atoms with E-state index in [1.54, 1.807) is 0 Å². The summed E-state index contributed by atoms with van der Waals surface area (Å²) in [4.78, 5) is 16.5. The summed E-state index contributed by atoms with van der Waals surface area (Å²) < 4.78 is 14.2. The number of rotatable bonds is 5. The van der Waals surface area contributed by atoms with Crippen molar-refractivity contribution in [3.05, 3.63) is 0 Å². The lowest BCUT2D eigenvalue weighted by molar-refractivity contribution is 0.196. The summed E-state index contributed by atoms with van der Waals surface area (Å²) >= 11 is 10.8. The van der Waals surface area contributed by atoms with Gasteiger partial charge in [-0.15, -0.1) is 23.2 Å². The highest BCUT2D eigenvalue weighted by Gasteiger charge is 2.16. The van der Waals surface area contributed by atoms with E-state index in [9.17, 15) is 4.57 Å². The summed E-state index contributed by atoms with van der Waals surface area (Å²) in [6, 6.07) is 0. The molecule has 0 amide bonds. The molecule has 4 nitrogen and oxygen atoms in total. The van der Waals surface area contributed by atoms with Gasteiger partial charge >= 0.3 is 7.82 Å². The Kier molecular flexibility index (Phi) is 5.69. The number of alkyl halides is 2. The quantitative estimate of drug-likeness (QED) is 0.545. The first-order valence-corrected chi connectivity index (χ1v) is 5.36. The molecule has 0 radical (unpaired) electrons. The van der Waals surface area contributed by atoms with Gasteiger partial charge in [0, 0.05) is 5.88 Å². The fraction of sp³-hybridized carbons (Fsp3) is 1.00. The third-order valence-corrected chi connectivity index (χ3v) is 1.89. The van der Waals surface area contributed by atoms with Gasteiger partial charge in [-0.2, -0.15) is 0 Å². The van der Waals surface area contributed by atoms with Crippen molar-refractivity contribution in [2.75, 3.05) is 12.5 Å². The Hall–Kier alpha value is 0.690. The Morgan fingerprint density at radius 3 is 2.45 bits per heavy atom. The molecular weight excluding hydrogens is 214 g/mol. The van der Waals surface area contributed by atoms with Crippen LogP contribution in [0.5, 0.6) is 0 Å². The summed E-state index contributed by atoms with van der Waals surface area (Å²) in [5.74, 6) is 0.346. The maximum Gasteiger partial charge on any atom is 0.469 e. The summed E-state index contributed by atoms with van der Waals surface area (Å²) in [5, 5.41) is -0.444. The molecular formula is C4H9Cl2O4P. The highest BCUT2D eigenvalue weighted by Crippen LogP contribution is 2.36. The standard InChI is InChI=1S/C4H9Cl2O4P/c5-2-1-4(6)3-10-11(7,8)9/h4H,1-3H2,(H2,7,8,9). The fourth-order valence-electron chi connectivity index (χ4n) is 0.380. The first-order chi connectivity index (χ1) is 4.95. The van der Waals surface area contributed by atoms with Gasteiger partial charge in [-0.05, 0) is 6.42 Å². The van der Waals surface area contributed by atoms with E-state index >= 15 is 0 Å². The highest BCUT2D eigenvalue weighted by molar-refractivity contribution is 7.46. The smallest absolute Gasteiger partial charge is 0.303 e. The van der Waals surface area contributed by atoms with Gasteiger partial charge in [-0.3, -0.25) is 4.52 Å². The van der Waals surface area contributed by atoms with Crippen LogP contribution in [0.1, 0.15) is 6.42 Å². The molecule has 0 fully saturated rings. The summed E-state index contributed by atoms with van der Waals surface area (Å²) in [7, 11) is -4.37. The van der Waals surface area contributed by atoms with Crippen LogP contribution < -0.4 is 0 Å². The van der Waals surface area contributed by atoms with Gasteiger partial charge in [-0.1, -0.05) is 0 Å². The van der Waals surface area contributed by atoms with Crippen LogP contribution in [-0.4, -0.2) is 27.7 Å². The number of phosphoric acid groups is 1. The minimum atomic E-state index is -4.37. The molecule has 1 atom stereocenters. The zero-order valence-electron chi connectivity index (χ0n) is 5.61. The van der Waals surface area contributed by atoms with E-state index in [1.807, 2.05) is 0 Å². The first-order valence-electron chi connectivity index (χ1n) is 2.86. The Bertz CT molecular complexity index is 147. The lowest BCUT2D eigenvalue weighted by Crippen LogP contribution is -2.08. The van der Waals surface area contributed by atoms with Crippen LogP contribution in [0.25, 0.3) is 0 Å². The SMILES string of the molecule is O=P(O)(O)OCC(Cl)CCCl. The molecule has 0 aliphatic rings. The topological polar surface area (TPSA) is 66.8 Å². The Labute approximate surface area is 74.7 Å². The molecule has 1 unspecified atom stereocenters. The van der Waals surface area contributed by atoms with E-state index in [0.29, 0.717) is 12.3 Å². The van der Waals surface area contributed by atoms with E-state index in [1.165, 1.54) is 0 Å². The van der Waals surface area contributed by atoms with Gasteiger partial charge < -0.3 is 9.79 Å². The lowest BCUT2D eigenvalue weighted by atomic mass is 10.3. The minimum Gasteiger partial charge on any atom is -0.303 e. The predicted molar refractivity (Wildman–Crippen MR) is 43.0 cm³/mol. The average Bonchev–Trinajstić information content (AvgIpc) is 1.83. The summed E-state index contributed by atoms with van der Waals surface area (Å²) in [5.41, 5.74) is 0. The van der Waals surface area contributed by atoms with Crippen molar-refractivity contribution in [1.29, 1.82) is 0 Å². The molecule has 2 N–H and O–H groups in total. The van der Waals surface area contributed by atoms with Crippen molar-refractivity contribution < 1.29 is 18.9 Å². The summed E-state index contributed by atoms with van der Waals surface area (Å²) in [6.45, 7) is -0.182. The zero-order valence-corrected chi connectivity index (χ0v) is 8.02. The monoisotopic (exact) mass is 222 g/mol. The van der Waals surface area contributed by atoms with Crippen molar-refractivity contribution in [2.45, 2.75) is 11.8 Å². The number of halogens is 2. The van der Waals surface area contributed by atoms with E-state index in [2.05, 4.69) is 4.52 Å². The second-order valence-corrected chi connectivity index (χ2v) is 4.10. The molecule has 0 spiro atoms. The Balaban J connectivity index is 3.46. The van der Waals surface area contributed by atoms with Crippen LogP contribution in [0.3, 0.4) is 0 Å². The van der Waals surface area contributed by atoms with Crippen LogP contribution in [0, 0.1) is 0 Å². The molecule has 0 heterocycles. The maximum atomic E-state index is 10.1. The van der Waals surface area contributed by atoms with Crippen LogP contribution in [0.15, 0.2) is 0 Å². The Morgan fingerprint density at radius 1 is 1.55 bits per heavy atom. The van der Waals surface area contributed by atoms with Crippen molar-refractivity contribution in [3.63, 3.8) is 0 Å². The minimum absolute atomic E-state index is 0.182. The normalized spacial score (nSPS) is 14.9. The van der Waals surface area contributed by atoms with Crippen LogP contribution >= 0.6 is 31.0 Å². The van der Waals surface area contributed by atoms with Crippen LogP contribution in [0.4, 0.5) is 0 Å². The second-order valence-electron chi connectivity index (χ2n) is 1.86. The van der Waals surface area contributed by atoms with E-state index in [4.69, 9.17) is 33.0 Å². The molecule has 0 rings (SSSR count). The van der Waals surface area contributed by atoms with Crippen molar-refractivity contribution in [2.24, 2.45) is 0 Å². The molecule has 0 aromatic rings. The predicted octanol–water partition coefficient (Wildman–Crippen LogP) is 1.33. The number of phosphoric ester groups is 1. The molecule has 7 heteroatoms. The molecule has 0 saturated heterocycles. The van der Waals surface area contributed by atoms with Gasteiger partial charge in [-0.25, -0.2) is 4.57 Å². The maximum absolute atomic E-state index is 10.1. The average molecular weight is 223 g/mol. The fourth-order valence-corrected chi connectivity index (χ4v) is 1.39. The molecule has 0 aromatic heterocycles.